The second-order valence-electron chi connectivity index (χ2n) is 9.84. The van der Waals surface area contributed by atoms with Gasteiger partial charge in [-0.2, -0.15) is 9.97 Å². The number of aromatic nitrogens is 8. The number of pyridine rings is 2. The number of nitrogens with zero attached hydrogens (tertiary/aromatic N) is 8. The molecule has 0 fully saturated rings. The molecule has 5 heterocycles. The topological polar surface area (TPSA) is 162 Å². The predicted octanol–water partition coefficient (Wildman–Crippen LogP) is 4.11. The normalized spacial score (nSPS) is 12.1. The molecule has 3 N–H and O–H groups in total. The van der Waals surface area contributed by atoms with Crippen molar-refractivity contribution < 1.29 is 9.63 Å². The zero-order valence-corrected chi connectivity index (χ0v) is 23.1. The Labute approximate surface area is 239 Å². The van der Waals surface area contributed by atoms with Crippen LogP contribution >= 0.6 is 0 Å². The Morgan fingerprint density at radius 2 is 1.79 bits per heavy atom. The summed E-state index contributed by atoms with van der Waals surface area (Å²) in [6, 6.07) is 17.9. The summed E-state index contributed by atoms with van der Waals surface area (Å²) in [4.78, 5) is 35.3. The zero-order chi connectivity index (χ0) is 29.2. The van der Waals surface area contributed by atoms with Crippen molar-refractivity contribution in [1.29, 1.82) is 0 Å². The van der Waals surface area contributed by atoms with Crippen LogP contribution in [0.1, 0.15) is 31.5 Å². The average Bonchev–Trinajstić information content (AvgIpc) is 3.60. The molecule has 0 radical (unpaired) electrons. The molecule has 0 saturated heterocycles. The van der Waals surface area contributed by atoms with E-state index in [-0.39, 0.29) is 30.0 Å². The van der Waals surface area contributed by atoms with Gasteiger partial charge in [-0.1, -0.05) is 41.6 Å². The van der Waals surface area contributed by atoms with E-state index in [0.717, 1.165) is 5.56 Å². The van der Waals surface area contributed by atoms with Crippen molar-refractivity contribution in [2.24, 2.45) is 7.05 Å². The van der Waals surface area contributed by atoms with Crippen molar-refractivity contribution >= 4 is 28.6 Å². The molecular formula is C29H28N10O3. The Hall–Kier alpha value is -5.43. The number of aliphatic hydroxyl groups excluding tert-OH is 1. The lowest BCUT2D eigenvalue weighted by Crippen LogP contribution is -2.20. The van der Waals surface area contributed by atoms with Gasteiger partial charge in [0.2, 0.25) is 11.8 Å². The molecule has 5 aromatic heterocycles. The highest BCUT2D eigenvalue weighted by molar-refractivity contribution is 5.78. The summed E-state index contributed by atoms with van der Waals surface area (Å²) in [5.74, 6) is 1.54. The van der Waals surface area contributed by atoms with Crippen LogP contribution in [0.25, 0.3) is 34.0 Å². The molecule has 13 heteroatoms. The lowest BCUT2D eigenvalue weighted by atomic mass is 10.1. The molecule has 42 heavy (non-hydrogen) atoms. The molecule has 6 rings (SSSR count). The molecule has 0 spiro atoms. The maximum Gasteiger partial charge on any atom is 0.275 e. The maximum absolute atomic E-state index is 12.7. The van der Waals surface area contributed by atoms with E-state index in [1.54, 1.807) is 48.4 Å². The Kier molecular flexibility index (Phi) is 7.15. The van der Waals surface area contributed by atoms with Crippen LogP contribution in [0.2, 0.25) is 0 Å². The van der Waals surface area contributed by atoms with E-state index in [2.05, 4.69) is 35.7 Å². The molecule has 0 saturated carbocycles. The van der Waals surface area contributed by atoms with Crippen molar-refractivity contribution in [3.63, 3.8) is 0 Å². The minimum Gasteiger partial charge on any atom is -0.394 e. The van der Waals surface area contributed by atoms with Gasteiger partial charge in [-0.15, -0.1) is 0 Å². The minimum absolute atomic E-state index is 0.0214. The summed E-state index contributed by atoms with van der Waals surface area (Å²) in [7, 11) is 1.72. The number of nitrogens with one attached hydrogen (secondary N) is 2. The first kappa shape index (κ1) is 26.8. The van der Waals surface area contributed by atoms with E-state index in [4.69, 9.17) is 9.51 Å². The number of hydrogen-bond acceptors (Lipinski definition) is 11. The van der Waals surface area contributed by atoms with Crippen LogP contribution in [0, 0.1) is 0 Å². The van der Waals surface area contributed by atoms with Crippen LogP contribution in [0.15, 0.2) is 82.4 Å². The highest BCUT2D eigenvalue weighted by Crippen LogP contribution is 2.30. The van der Waals surface area contributed by atoms with E-state index >= 15 is 0 Å². The van der Waals surface area contributed by atoms with Gasteiger partial charge in [0.15, 0.2) is 5.65 Å². The number of rotatable bonds is 9. The molecule has 6 aromatic rings. The Morgan fingerprint density at radius 3 is 2.52 bits per heavy atom. The predicted molar refractivity (Wildman–Crippen MR) is 157 cm³/mol. The lowest BCUT2D eigenvalue weighted by molar-refractivity contribution is 0.276. The van der Waals surface area contributed by atoms with E-state index in [9.17, 15) is 9.90 Å². The monoisotopic (exact) mass is 564 g/mol. The van der Waals surface area contributed by atoms with Gasteiger partial charge in [-0.3, -0.25) is 19.1 Å². The molecule has 0 unspecified atom stereocenters. The smallest absolute Gasteiger partial charge is 0.275 e. The maximum atomic E-state index is 12.7. The standard InChI is InChI=1S/C29H28N10O3/c1-17(2)39-26-19(28(41)38(39)3)12-13-23(33-26)34-29-31-15-20(27-35-25(37-42-27)21-11-7-8-14-30-21)24(36-29)32-22(16-40)18-9-5-4-6-10-18/h4-15,17,22,40H,16H2,1-3H3,(H2,31,32,33,34,36)/t22-/m1/s1. The molecule has 212 valence electrons. The molecule has 0 aliphatic carbocycles. The van der Waals surface area contributed by atoms with Gasteiger partial charge in [0.05, 0.1) is 18.0 Å². The van der Waals surface area contributed by atoms with Crippen LogP contribution in [-0.4, -0.2) is 51.2 Å². The van der Waals surface area contributed by atoms with E-state index < -0.39 is 6.04 Å². The Bertz CT molecular complexity index is 1900. The molecule has 13 nitrogen and oxygen atoms in total. The van der Waals surface area contributed by atoms with Gasteiger partial charge in [-0.05, 0) is 43.7 Å². The van der Waals surface area contributed by atoms with Crippen LogP contribution in [-0.2, 0) is 7.05 Å². The number of fused-ring (bicyclic) bond motifs is 1. The highest BCUT2D eigenvalue weighted by atomic mass is 16.5. The number of anilines is 3. The molecule has 1 aromatic carbocycles. The first-order valence-electron chi connectivity index (χ1n) is 13.3. The molecule has 0 bridgehead atoms. The number of benzene rings is 1. The van der Waals surface area contributed by atoms with Gasteiger partial charge in [0, 0.05) is 25.5 Å². The van der Waals surface area contributed by atoms with E-state index in [1.165, 1.54) is 0 Å². The van der Waals surface area contributed by atoms with Crippen LogP contribution < -0.4 is 16.2 Å². The molecule has 0 aliphatic rings. The fourth-order valence-corrected chi connectivity index (χ4v) is 4.70. The summed E-state index contributed by atoms with van der Waals surface area (Å²) in [6.45, 7) is 3.78. The summed E-state index contributed by atoms with van der Waals surface area (Å²) >= 11 is 0. The van der Waals surface area contributed by atoms with E-state index in [1.807, 2.05) is 54.9 Å². The van der Waals surface area contributed by atoms with Gasteiger partial charge in [0.1, 0.15) is 22.9 Å². The Morgan fingerprint density at radius 1 is 0.976 bits per heavy atom. The quantitative estimate of drug-likeness (QED) is 0.232. The van der Waals surface area contributed by atoms with Gasteiger partial charge in [0.25, 0.3) is 11.4 Å². The third-order valence-corrected chi connectivity index (χ3v) is 6.70. The summed E-state index contributed by atoms with van der Waals surface area (Å²) in [5.41, 5.74) is 2.28. The fourth-order valence-electron chi connectivity index (χ4n) is 4.70. The first-order chi connectivity index (χ1) is 20.4. The molecule has 1 atom stereocenters. The number of hydrogen-bond donors (Lipinski definition) is 3. The van der Waals surface area contributed by atoms with Gasteiger partial charge >= 0.3 is 0 Å². The van der Waals surface area contributed by atoms with Gasteiger partial charge < -0.3 is 20.3 Å². The minimum atomic E-state index is -0.481. The van der Waals surface area contributed by atoms with Crippen molar-refractivity contribution in [1.82, 2.24) is 39.4 Å². The molecule has 0 aliphatic heterocycles. The Balaban J connectivity index is 1.39. The first-order valence-corrected chi connectivity index (χ1v) is 13.3. The van der Waals surface area contributed by atoms with Crippen LogP contribution in [0.3, 0.4) is 0 Å². The third-order valence-electron chi connectivity index (χ3n) is 6.70. The van der Waals surface area contributed by atoms with Crippen LogP contribution in [0.5, 0.6) is 0 Å². The summed E-state index contributed by atoms with van der Waals surface area (Å²) < 4.78 is 8.96. The summed E-state index contributed by atoms with van der Waals surface area (Å²) in [6.07, 6.45) is 3.20. The zero-order valence-electron chi connectivity index (χ0n) is 23.1. The van der Waals surface area contributed by atoms with Crippen molar-refractivity contribution in [2.75, 3.05) is 17.2 Å². The van der Waals surface area contributed by atoms with E-state index in [0.29, 0.717) is 39.8 Å². The van der Waals surface area contributed by atoms with Crippen molar-refractivity contribution in [2.45, 2.75) is 25.9 Å². The largest absolute Gasteiger partial charge is 0.394 e. The van der Waals surface area contributed by atoms with Crippen molar-refractivity contribution in [3.05, 3.63) is 89.0 Å². The molecular weight excluding hydrogens is 536 g/mol. The SMILES string of the molecule is CC(C)n1c2nc(Nc3ncc(-c4nc(-c5ccccn5)no4)c(N[C@H](CO)c4ccccc4)n3)ccc2c(=O)n1C. The third kappa shape index (κ3) is 5.08. The fraction of sp³-hybridized carbons (Fsp3) is 0.207. The summed E-state index contributed by atoms with van der Waals surface area (Å²) in [5, 5.41) is 21.3. The lowest BCUT2D eigenvalue weighted by Gasteiger charge is -2.19. The molecule has 0 amide bonds. The van der Waals surface area contributed by atoms with Crippen LogP contribution in [0.4, 0.5) is 17.6 Å². The second kappa shape index (κ2) is 11.2. The average molecular weight is 565 g/mol. The second-order valence-corrected chi connectivity index (χ2v) is 9.84. The number of aliphatic hydroxyl groups is 1. The van der Waals surface area contributed by atoms with Crippen molar-refractivity contribution in [3.8, 4) is 23.0 Å². The highest BCUT2D eigenvalue weighted by Gasteiger charge is 2.21. The van der Waals surface area contributed by atoms with Gasteiger partial charge in [-0.25, -0.2) is 9.97 Å².